The van der Waals surface area contributed by atoms with Crippen LogP contribution in [-0.4, -0.2) is 56.7 Å². The number of nitrogens with zero attached hydrogens (tertiary/aromatic N) is 4. The van der Waals surface area contributed by atoms with Gasteiger partial charge in [-0.15, -0.1) is 0 Å². The van der Waals surface area contributed by atoms with Crippen LogP contribution in [0.3, 0.4) is 0 Å². The number of alkyl halides is 3. The number of likely N-dealkylation sites (tertiary alicyclic amines) is 1. The number of piperidine rings is 1. The second-order valence-corrected chi connectivity index (χ2v) is 10.1. The van der Waals surface area contributed by atoms with Gasteiger partial charge in [-0.1, -0.05) is 6.07 Å². The summed E-state index contributed by atoms with van der Waals surface area (Å²) in [6.07, 6.45) is -1.46. The first-order chi connectivity index (χ1) is 19.6. The molecule has 3 heterocycles. The van der Waals surface area contributed by atoms with Crippen LogP contribution in [-0.2, 0) is 18.0 Å². The second-order valence-electron chi connectivity index (χ2n) is 10.1. The minimum absolute atomic E-state index is 0.0933. The fourth-order valence-corrected chi connectivity index (χ4v) is 4.88. The number of hydrogen-bond donors (Lipinski definition) is 3. The van der Waals surface area contributed by atoms with Gasteiger partial charge in [-0.3, -0.25) is 4.79 Å². The number of ether oxygens (including phenoxy) is 1. The predicted molar refractivity (Wildman–Crippen MR) is 149 cm³/mol. The number of nitrogens with one attached hydrogen (secondary N) is 2. The number of rotatable bonds is 8. The number of aliphatic hydroxyl groups excluding tert-OH is 1. The monoisotopic (exact) mass is 568 g/mol. The van der Waals surface area contributed by atoms with Crippen LogP contribution in [0, 0.1) is 12.8 Å². The molecule has 3 N–H and O–H groups in total. The Morgan fingerprint density at radius 2 is 1.85 bits per heavy atom. The van der Waals surface area contributed by atoms with Crippen molar-refractivity contribution in [2.45, 2.75) is 25.9 Å². The van der Waals surface area contributed by atoms with E-state index in [2.05, 4.69) is 25.5 Å². The normalized spacial score (nSPS) is 14.8. The third kappa shape index (κ3) is 6.60. The van der Waals surface area contributed by atoms with E-state index in [-0.39, 0.29) is 18.4 Å². The van der Waals surface area contributed by atoms with Crippen LogP contribution in [0.25, 0.3) is 11.0 Å². The number of carbonyl (C=O) groups excluding carboxylic acids is 1. The summed E-state index contributed by atoms with van der Waals surface area (Å²) in [7, 11) is 1.77. The van der Waals surface area contributed by atoms with Gasteiger partial charge >= 0.3 is 6.18 Å². The van der Waals surface area contributed by atoms with Gasteiger partial charge in [0.25, 0.3) is 0 Å². The number of hydrogen-bond acceptors (Lipinski definition) is 7. The van der Waals surface area contributed by atoms with Gasteiger partial charge in [-0.2, -0.15) is 13.2 Å². The van der Waals surface area contributed by atoms with Crippen molar-refractivity contribution in [3.63, 3.8) is 0 Å². The lowest BCUT2D eigenvalue weighted by Crippen LogP contribution is -2.39. The standard InChI is InChI=1S/C29H31F3N6O3/c1-18-3-4-20(29(30,31)32)15-23(18)34-28-35-24-16-21(5-6-25(24)37(28)2)41-22-7-10-33-26(17-22)36-27(40)19-8-11-38(12-9-19)13-14-39/h3-7,10,15-17,19,39H,8-9,11-14H2,1-2H3,(H,34,35)(H,33,36,40). The Morgan fingerprint density at radius 3 is 2.59 bits per heavy atom. The molecule has 0 bridgehead atoms. The molecule has 2 aromatic heterocycles. The van der Waals surface area contributed by atoms with Crippen molar-refractivity contribution in [2.24, 2.45) is 13.0 Å². The van der Waals surface area contributed by atoms with E-state index in [0.717, 1.165) is 43.6 Å². The highest BCUT2D eigenvalue weighted by molar-refractivity contribution is 5.92. The average Bonchev–Trinajstić information content (AvgIpc) is 3.24. The number of aromatic nitrogens is 3. The molecule has 0 atom stereocenters. The van der Waals surface area contributed by atoms with Gasteiger partial charge in [0.05, 0.1) is 23.2 Å². The molecule has 1 aliphatic heterocycles. The molecule has 1 aliphatic rings. The third-order valence-electron chi connectivity index (χ3n) is 7.26. The smallest absolute Gasteiger partial charge is 0.416 e. The molecule has 0 aliphatic carbocycles. The molecule has 12 heteroatoms. The number of amides is 1. The number of fused-ring (bicyclic) bond motifs is 1. The van der Waals surface area contributed by atoms with Crippen LogP contribution in [0.2, 0.25) is 0 Å². The minimum Gasteiger partial charge on any atom is -0.457 e. The fourth-order valence-electron chi connectivity index (χ4n) is 4.88. The van der Waals surface area contributed by atoms with Crippen molar-refractivity contribution < 1.29 is 27.8 Å². The maximum absolute atomic E-state index is 13.2. The molecular weight excluding hydrogens is 537 g/mol. The largest absolute Gasteiger partial charge is 0.457 e. The second kappa shape index (κ2) is 11.8. The number of benzene rings is 2. The van der Waals surface area contributed by atoms with Gasteiger partial charge in [0.2, 0.25) is 11.9 Å². The van der Waals surface area contributed by atoms with E-state index in [1.165, 1.54) is 6.07 Å². The zero-order chi connectivity index (χ0) is 29.1. The van der Waals surface area contributed by atoms with E-state index in [0.29, 0.717) is 46.6 Å². The Bertz CT molecular complexity index is 1550. The zero-order valence-electron chi connectivity index (χ0n) is 22.7. The highest BCUT2D eigenvalue weighted by atomic mass is 19.4. The number of aryl methyl sites for hydroxylation is 2. The number of pyridine rings is 1. The van der Waals surface area contributed by atoms with Crippen LogP contribution in [0.1, 0.15) is 24.0 Å². The quantitative estimate of drug-likeness (QED) is 0.259. The molecule has 41 heavy (non-hydrogen) atoms. The molecule has 0 spiro atoms. The molecule has 0 saturated carbocycles. The van der Waals surface area contributed by atoms with Gasteiger partial charge < -0.3 is 29.9 Å². The first kappa shape index (κ1) is 28.4. The van der Waals surface area contributed by atoms with Gasteiger partial charge in [-0.25, -0.2) is 9.97 Å². The number of aliphatic hydroxyl groups is 1. The number of anilines is 3. The van der Waals surface area contributed by atoms with Gasteiger partial charge in [-0.05, 0) is 68.8 Å². The molecule has 216 valence electrons. The van der Waals surface area contributed by atoms with Crippen molar-refractivity contribution in [1.82, 2.24) is 19.4 Å². The predicted octanol–water partition coefficient (Wildman–Crippen LogP) is 5.47. The summed E-state index contributed by atoms with van der Waals surface area (Å²) in [6.45, 7) is 3.99. The Labute approximate surface area is 235 Å². The fraction of sp³-hybridized carbons (Fsp3) is 0.345. The highest BCUT2D eigenvalue weighted by Gasteiger charge is 2.31. The molecule has 1 saturated heterocycles. The molecule has 1 fully saturated rings. The van der Waals surface area contributed by atoms with Crippen molar-refractivity contribution in [3.05, 3.63) is 65.9 Å². The number of halogens is 3. The minimum atomic E-state index is -4.45. The van der Waals surface area contributed by atoms with Crippen LogP contribution in [0.4, 0.5) is 30.6 Å². The maximum atomic E-state index is 13.2. The number of carbonyl (C=O) groups is 1. The summed E-state index contributed by atoms with van der Waals surface area (Å²) < 4.78 is 47.4. The maximum Gasteiger partial charge on any atom is 0.416 e. The zero-order valence-corrected chi connectivity index (χ0v) is 22.7. The summed E-state index contributed by atoms with van der Waals surface area (Å²) >= 11 is 0. The lowest BCUT2D eigenvalue weighted by molar-refractivity contribution is -0.137. The first-order valence-corrected chi connectivity index (χ1v) is 13.3. The summed E-state index contributed by atoms with van der Waals surface area (Å²) in [4.78, 5) is 23.7. The van der Waals surface area contributed by atoms with E-state index in [1.54, 1.807) is 49.0 Å². The number of imidazole rings is 1. The van der Waals surface area contributed by atoms with E-state index in [9.17, 15) is 18.0 Å². The number of β-amino-alcohol motifs (C(OH)–C–C–N with tert-alkyl or cyclic N) is 1. The van der Waals surface area contributed by atoms with Crippen molar-refractivity contribution in [3.8, 4) is 11.5 Å². The van der Waals surface area contributed by atoms with E-state index in [4.69, 9.17) is 9.84 Å². The molecule has 0 radical (unpaired) electrons. The van der Waals surface area contributed by atoms with E-state index < -0.39 is 11.7 Å². The molecule has 2 aromatic carbocycles. The lowest BCUT2D eigenvalue weighted by Gasteiger charge is -2.30. The summed E-state index contributed by atoms with van der Waals surface area (Å²) in [5, 5.41) is 15.0. The van der Waals surface area contributed by atoms with E-state index in [1.807, 2.05) is 6.07 Å². The summed E-state index contributed by atoms with van der Waals surface area (Å²) in [6, 6.07) is 12.2. The molecule has 9 nitrogen and oxygen atoms in total. The first-order valence-electron chi connectivity index (χ1n) is 13.3. The summed E-state index contributed by atoms with van der Waals surface area (Å²) in [5.74, 6) is 1.52. The van der Waals surface area contributed by atoms with Gasteiger partial charge in [0.15, 0.2) is 0 Å². The molecule has 4 aromatic rings. The molecule has 5 rings (SSSR count). The van der Waals surface area contributed by atoms with Crippen molar-refractivity contribution in [2.75, 3.05) is 36.9 Å². The molecule has 1 amide bonds. The Kier molecular flexibility index (Phi) is 8.13. The summed E-state index contributed by atoms with van der Waals surface area (Å²) in [5.41, 5.74) is 1.58. The lowest BCUT2D eigenvalue weighted by atomic mass is 9.96. The Balaban J connectivity index is 1.27. The molecular formula is C29H31F3N6O3. The van der Waals surface area contributed by atoms with Crippen LogP contribution in [0.15, 0.2) is 54.7 Å². The van der Waals surface area contributed by atoms with Crippen molar-refractivity contribution in [1.29, 1.82) is 0 Å². The average molecular weight is 569 g/mol. The van der Waals surface area contributed by atoms with Gasteiger partial charge in [0, 0.05) is 43.5 Å². The van der Waals surface area contributed by atoms with Crippen LogP contribution < -0.4 is 15.4 Å². The Hall–Kier alpha value is -4.16. The van der Waals surface area contributed by atoms with Crippen LogP contribution >= 0.6 is 0 Å². The van der Waals surface area contributed by atoms with E-state index >= 15 is 0 Å². The van der Waals surface area contributed by atoms with Crippen molar-refractivity contribution >= 4 is 34.4 Å². The van der Waals surface area contributed by atoms with Gasteiger partial charge in [0.1, 0.15) is 17.3 Å². The highest BCUT2D eigenvalue weighted by Crippen LogP contribution is 2.34. The topological polar surface area (TPSA) is 105 Å². The SMILES string of the molecule is Cc1ccc(C(F)(F)F)cc1Nc1nc2cc(Oc3ccnc(NC(=O)C4CCN(CCO)CC4)c3)ccc2n1C. The third-order valence-corrected chi connectivity index (χ3v) is 7.26. The molecule has 0 unspecified atom stereocenters. The Morgan fingerprint density at radius 1 is 1.10 bits per heavy atom. The van der Waals surface area contributed by atoms with Crippen LogP contribution in [0.5, 0.6) is 11.5 Å².